The zero-order valence-electron chi connectivity index (χ0n) is 29.1. The van der Waals surface area contributed by atoms with Gasteiger partial charge in [0, 0.05) is 22.7 Å². The molecule has 51 heavy (non-hydrogen) atoms. The minimum absolute atomic E-state index is 0.0121. The van der Waals surface area contributed by atoms with Gasteiger partial charge in [-0.3, -0.25) is 9.59 Å². The summed E-state index contributed by atoms with van der Waals surface area (Å²) in [6.45, 7) is 8.29. The molecule has 1 unspecified atom stereocenters. The number of esters is 1. The molecule has 0 spiro atoms. The van der Waals surface area contributed by atoms with E-state index in [0.29, 0.717) is 0 Å². The first-order valence-electron chi connectivity index (χ1n) is 17.0. The number of allylic oxidation sites excluding steroid dienone is 4. The normalized spacial score (nSPS) is 39.1. The molecular formula is C37H42F2O11S. The number of aliphatic hydroxyl groups excluding tert-OH is 1. The topological polar surface area (TPSA) is 148 Å². The van der Waals surface area contributed by atoms with Gasteiger partial charge in [-0.1, -0.05) is 43.5 Å². The largest absolute Gasteiger partial charge is 0.509 e. The first-order valence-corrected chi connectivity index (χ1v) is 17.9. The van der Waals surface area contributed by atoms with Gasteiger partial charge in [0.25, 0.3) is 0 Å². The average Bonchev–Trinajstić information content (AvgIpc) is 3.78. The second-order valence-electron chi connectivity index (χ2n) is 14.8. The van der Waals surface area contributed by atoms with Crippen LogP contribution in [-0.2, 0) is 33.3 Å². The summed E-state index contributed by atoms with van der Waals surface area (Å²) < 4.78 is 66.1. The molecule has 3 saturated carbocycles. The zero-order valence-corrected chi connectivity index (χ0v) is 29.9. The maximum atomic E-state index is 17.7. The zero-order chi connectivity index (χ0) is 37.0. The summed E-state index contributed by atoms with van der Waals surface area (Å²) in [6.07, 6.45) is -0.212. The number of furan rings is 1. The van der Waals surface area contributed by atoms with Crippen LogP contribution in [0.15, 0.2) is 46.6 Å². The molecule has 5 aliphatic rings. The van der Waals surface area contributed by atoms with Crippen molar-refractivity contribution < 1.29 is 61.2 Å². The van der Waals surface area contributed by atoms with E-state index in [1.807, 2.05) is 0 Å². The Hall–Kier alpha value is -3.51. The molecule has 0 amide bonds. The molecule has 0 radical (unpaired) electrons. The summed E-state index contributed by atoms with van der Waals surface area (Å²) in [5.41, 5.74) is -7.23. The van der Waals surface area contributed by atoms with Crippen molar-refractivity contribution in [2.75, 3.05) is 25.6 Å². The number of rotatable bonds is 7. The van der Waals surface area contributed by atoms with Crippen LogP contribution in [0.1, 0.15) is 64.4 Å². The van der Waals surface area contributed by atoms with Gasteiger partial charge in [0.05, 0.1) is 24.7 Å². The molecule has 1 aliphatic heterocycles. The fourth-order valence-electron chi connectivity index (χ4n) is 9.26. The Morgan fingerprint density at radius 2 is 1.88 bits per heavy atom. The highest BCUT2D eigenvalue weighted by Gasteiger charge is 2.78. The van der Waals surface area contributed by atoms with Crippen LogP contribution in [-0.4, -0.2) is 89.1 Å². The summed E-state index contributed by atoms with van der Waals surface area (Å²) in [5.74, 6) is 0.592. The molecule has 1 saturated heterocycles. The van der Waals surface area contributed by atoms with Crippen molar-refractivity contribution in [1.29, 1.82) is 0 Å². The molecule has 1 aromatic rings. The van der Waals surface area contributed by atoms with E-state index < -0.39 is 87.0 Å². The van der Waals surface area contributed by atoms with Crippen molar-refractivity contribution in [1.82, 2.24) is 0 Å². The van der Waals surface area contributed by atoms with E-state index in [0.717, 1.165) is 17.8 Å². The number of ether oxygens (including phenoxy) is 5. The van der Waals surface area contributed by atoms with Crippen LogP contribution in [0.4, 0.5) is 13.6 Å². The minimum atomic E-state index is -2.37. The minimum Gasteiger partial charge on any atom is -0.457 e. The van der Waals surface area contributed by atoms with Gasteiger partial charge in [0.15, 0.2) is 29.4 Å². The lowest BCUT2D eigenvalue weighted by Gasteiger charge is -2.63. The van der Waals surface area contributed by atoms with Crippen molar-refractivity contribution in [2.24, 2.45) is 28.6 Å². The molecule has 276 valence electrons. The number of thioether (sulfide) groups is 1. The van der Waals surface area contributed by atoms with Crippen molar-refractivity contribution >= 4 is 34.8 Å². The molecule has 1 aromatic heterocycles. The van der Waals surface area contributed by atoms with Gasteiger partial charge in [-0.15, -0.1) is 0 Å². The average molecular weight is 733 g/mol. The summed E-state index contributed by atoms with van der Waals surface area (Å²) in [5, 5.41) is 11.2. The van der Waals surface area contributed by atoms with Crippen LogP contribution in [0.25, 0.3) is 0 Å². The van der Waals surface area contributed by atoms with Gasteiger partial charge in [-0.2, -0.15) is 0 Å². The van der Waals surface area contributed by atoms with Gasteiger partial charge in [-0.05, 0) is 75.8 Å². The van der Waals surface area contributed by atoms with Gasteiger partial charge in [0.2, 0.25) is 10.9 Å². The number of hydrogen-bond acceptors (Lipinski definition) is 12. The molecule has 0 aromatic carbocycles. The van der Waals surface area contributed by atoms with E-state index >= 15 is 8.78 Å². The van der Waals surface area contributed by atoms with Crippen LogP contribution in [0.3, 0.4) is 0 Å². The van der Waals surface area contributed by atoms with Crippen molar-refractivity contribution in [3.8, 4) is 11.8 Å². The monoisotopic (exact) mass is 732 g/mol. The van der Waals surface area contributed by atoms with Gasteiger partial charge in [-0.25, -0.2) is 18.4 Å². The van der Waals surface area contributed by atoms with Crippen molar-refractivity contribution in [3.05, 3.63) is 48.0 Å². The number of hydrogen-bond donors (Lipinski definition) is 1. The molecule has 2 heterocycles. The van der Waals surface area contributed by atoms with E-state index in [1.54, 1.807) is 27.7 Å². The van der Waals surface area contributed by atoms with E-state index in [2.05, 4.69) is 11.8 Å². The van der Waals surface area contributed by atoms with Crippen LogP contribution in [0.2, 0.25) is 0 Å². The van der Waals surface area contributed by atoms with E-state index in [4.69, 9.17) is 28.1 Å². The second kappa shape index (κ2) is 13.5. The molecule has 11 nitrogen and oxygen atoms in total. The number of ketones is 1. The molecule has 10 atom stereocenters. The Bertz CT molecular complexity index is 1700. The third kappa shape index (κ3) is 6.13. The van der Waals surface area contributed by atoms with E-state index in [1.165, 1.54) is 37.5 Å². The number of halogens is 2. The SMILES string of the molecule is C[C@@H]1C[C@H]2[C@@H]3C[C@H](F)C4=CC(=O)C=C[C@]4(C)[C@@]3(F)[C@@H](O)C[C@]2(C)[C@@]1(OC(=O)c1ccco1)C(=O)SCC#CCOC(=O)OCC1COC(C)(C)O1. The second-order valence-corrected chi connectivity index (χ2v) is 15.8. The predicted molar refractivity (Wildman–Crippen MR) is 177 cm³/mol. The number of carbonyl (C=O) groups excluding carboxylic acids is 4. The quantitative estimate of drug-likeness (QED) is 0.286. The Balaban J connectivity index is 1.20. The van der Waals surface area contributed by atoms with Crippen LogP contribution in [0.5, 0.6) is 0 Å². The fraction of sp³-hybridized carbons (Fsp3) is 0.622. The maximum absolute atomic E-state index is 17.7. The van der Waals surface area contributed by atoms with E-state index in [-0.39, 0.29) is 56.2 Å². The molecule has 4 aliphatic carbocycles. The van der Waals surface area contributed by atoms with Gasteiger partial charge < -0.3 is 33.2 Å². The lowest BCUT2D eigenvalue weighted by Crippen LogP contribution is -2.70. The predicted octanol–water partition coefficient (Wildman–Crippen LogP) is 5.31. The number of carbonyl (C=O) groups is 4. The smallest absolute Gasteiger partial charge is 0.457 e. The third-order valence-electron chi connectivity index (χ3n) is 11.6. The standard InChI is InChI=1S/C37H42F2O11S/c1-21-15-24-25-17-27(38)26-16-22(40)10-11-34(26,4)36(25,39)29(41)18-35(24,5)37(21,50-30(42)28-9-8-13-45-28)31(43)51-14-7-6-12-46-32(44)47-19-23-20-48-33(2,3)49-23/h8-11,13,16,21,23-25,27,29,41H,12,14-15,17-20H2,1-5H3/t21-,23?,24+,25+,27+,29+,34+,35+,36+,37+/m1/s1. The summed E-state index contributed by atoms with van der Waals surface area (Å²) in [7, 11) is 0. The summed E-state index contributed by atoms with van der Waals surface area (Å²) in [4.78, 5) is 52.1. The molecule has 0 bridgehead atoms. The van der Waals surface area contributed by atoms with Crippen LogP contribution < -0.4 is 0 Å². The Morgan fingerprint density at radius 1 is 1.12 bits per heavy atom. The highest BCUT2D eigenvalue weighted by molar-refractivity contribution is 8.14. The molecule has 14 heteroatoms. The maximum Gasteiger partial charge on any atom is 0.509 e. The Kier molecular flexibility index (Phi) is 9.84. The first kappa shape index (κ1) is 37.3. The number of fused-ring (bicyclic) bond motifs is 5. The molecular weight excluding hydrogens is 690 g/mol. The van der Waals surface area contributed by atoms with Crippen molar-refractivity contribution in [2.45, 2.75) is 89.3 Å². The number of aliphatic hydroxyl groups is 1. The van der Waals surface area contributed by atoms with Crippen LogP contribution >= 0.6 is 11.8 Å². The van der Waals surface area contributed by atoms with E-state index in [9.17, 15) is 24.3 Å². The first-order chi connectivity index (χ1) is 24.0. The molecule has 6 rings (SSSR count). The van der Waals surface area contributed by atoms with Crippen molar-refractivity contribution in [3.63, 3.8) is 0 Å². The highest BCUT2D eigenvalue weighted by atomic mass is 32.2. The highest BCUT2D eigenvalue weighted by Crippen LogP contribution is 2.72. The Morgan fingerprint density at radius 3 is 2.57 bits per heavy atom. The lowest BCUT2D eigenvalue weighted by molar-refractivity contribution is -0.221. The van der Waals surface area contributed by atoms with Gasteiger partial charge in [0.1, 0.15) is 18.9 Å². The summed E-state index contributed by atoms with van der Waals surface area (Å²) in [6, 6.07) is 2.88. The molecule has 4 fully saturated rings. The molecule has 1 N–H and O–H groups in total. The summed E-state index contributed by atoms with van der Waals surface area (Å²) >= 11 is 0.774. The van der Waals surface area contributed by atoms with Crippen LogP contribution in [0, 0.1) is 40.4 Å². The Labute approximate surface area is 298 Å². The number of alkyl halides is 2. The van der Waals surface area contributed by atoms with Gasteiger partial charge >= 0.3 is 12.1 Å². The third-order valence-corrected chi connectivity index (χ3v) is 12.4. The lowest BCUT2D eigenvalue weighted by atomic mass is 9.44. The fourth-order valence-corrected chi connectivity index (χ4v) is 10.3.